The molecule has 1 heterocycles. The van der Waals surface area contributed by atoms with Gasteiger partial charge in [-0.3, -0.25) is 4.90 Å². The van der Waals surface area contributed by atoms with E-state index in [9.17, 15) is 9.59 Å². The van der Waals surface area contributed by atoms with Crippen LogP contribution in [-0.2, 0) is 9.47 Å². The largest absolute Gasteiger partial charge is 0.465 e. The Morgan fingerprint density at radius 2 is 2.21 bits per heavy atom. The van der Waals surface area contributed by atoms with Gasteiger partial charge in [-0.05, 0) is 24.6 Å². The summed E-state index contributed by atoms with van der Waals surface area (Å²) in [5, 5.41) is 2.80. The molecule has 7 nitrogen and oxygen atoms in total. The number of anilines is 1. The number of methoxy groups -OCH3 is 1. The van der Waals surface area contributed by atoms with Crippen molar-refractivity contribution in [1.29, 1.82) is 0 Å². The summed E-state index contributed by atoms with van der Waals surface area (Å²) in [5.74, 6) is -0.428. The van der Waals surface area contributed by atoms with Crippen molar-refractivity contribution in [1.82, 2.24) is 9.80 Å². The zero-order valence-electron chi connectivity index (χ0n) is 14.3. The van der Waals surface area contributed by atoms with E-state index in [1.54, 1.807) is 36.2 Å². The minimum absolute atomic E-state index is 0. The highest BCUT2D eigenvalue weighted by Gasteiger charge is 2.14. The third-order valence-corrected chi connectivity index (χ3v) is 3.95. The molecule has 2 amide bonds. The van der Waals surface area contributed by atoms with Crippen LogP contribution in [0.2, 0.25) is 0 Å². The minimum Gasteiger partial charge on any atom is -0.465 e. The number of urea groups is 1. The van der Waals surface area contributed by atoms with Gasteiger partial charge in [0.2, 0.25) is 0 Å². The molecule has 7 heteroatoms. The summed E-state index contributed by atoms with van der Waals surface area (Å²) in [6.45, 7) is 4.89. The lowest BCUT2D eigenvalue weighted by Gasteiger charge is -2.24. The maximum absolute atomic E-state index is 12.3. The number of hydrogen-bond acceptors (Lipinski definition) is 5. The fourth-order valence-corrected chi connectivity index (χ4v) is 2.47. The van der Waals surface area contributed by atoms with E-state index < -0.39 is 5.97 Å². The molecular weight excluding hydrogens is 310 g/mol. The molecule has 0 saturated carbocycles. The molecule has 0 spiro atoms. The number of nitrogens with zero attached hydrogens (tertiary/aromatic N) is 2. The van der Waals surface area contributed by atoms with Crippen molar-refractivity contribution in [3.05, 3.63) is 29.8 Å². The number of likely N-dealkylation sites (N-methyl/N-ethyl adjacent to an activating group) is 1. The lowest BCUT2D eigenvalue weighted by atomic mass is 10.2. The van der Waals surface area contributed by atoms with Crippen LogP contribution in [0.5, 0.6) is 0 Å². The molecule has 1 fully saturated rings. The van der Waals surface area contributed by atoms with Crippen LogP contribution in [0.15, 0.2) is 24.3 Å². The van der Waals surface area contributed by atoms with Crippen LogP contribution in [0.25, 0.3) is 0 Å². The van der Waals surface area contributed by atoms with Gasteiger partial charge in [-0.15, -0.1) is 0 Å². The first-order valence-electron chi connectivity index (χ1n) is 8.11. The Bertz CT molecular complexity index is 563. The van der Waals surface area contributed by atoms with Crippen LogP contribution >= 0.6 is 0 Å². The van der Waals surface area contributed by atoms with Crippen LogP contribution in [0.1, 0.15) is 18.2 Å². The second-order valence-electron chi connectivity index (χ2n) is 5.73. The Hall–Kier alpha value is -2.12. The van der Waals surface area contributed by atoms with Gasteiger partial charge in [-0.2, -0.15) is 0 Å². The molecule has 1 aliphatic rings. The van der Waals surface area contributed by atoms with Crippen LogP contribution in [0.4, 0.5) is 10.5 Å². The van der Waals surface area contributed by atoms with Crippen LogP contribution < -0.4 is 5.32 Å². The van der Waals surface area contributed by atoms with E-state index in [4.69, 9.17) is 4.74 Å². The fraction of sp³-hybridized carbons (Fsp3) is 0.529. The summed E-state index contributed by atoms with van der Waals surface area (Å²) in [4.78, 5) is 27.7. The van der Waals surface area contributed by atoms with E-state index in [0.29, 0.717) is 17.8 Å². The Morgan fingerprint density at radius 1 is 1.38 bits per heavy atom. The fourth-order valence-electron chi connectivity index (χ4n) is 2.47. The number of amides is 2. The van der Waals surface area contributed by atoms with E-state index in [1.807, 2.05) is 0 Å². The number of esters is 1. The maximum atomic E-state index is 12.3. The highest BCUT2D eigenvalue weighted by molar-refractivity contribution is 5.93. The molecule has 1 N–H and O–H groups in total. The van der Waals surface area contributed by atoms with Gasteiger partial charge in [0, 0.05) is 46.9 Å². The highest BCUT2D eigenvalue weighted by Crippen LogP contribution is 2.12. The Kier molecular flexibility index (Phi) is 7.02. The monoisotopic (exact) mass is 337 g/mol. The lowest BCUT2D eigenvalue weighted by molar-refractivity contribution is 0.0600. The Morgan fingerprint density at radius 3 is 3.00 bits per heavy atom. The van der Waals surface area contributed by atoms with Crippen molar-refractivity contribution in [3.8, 4) is 0 Å². The molecule has 1 aromatic carbocycles. The molecule has 1 saturated heterocycles. The molecule has 2 rings (SSSR count). The summed E-state index contributed by atoms with van der Waals surface area (Å²) < 4.78 is 10.1. The van der Waals surface area contributed by atoms with E-state index in [-0.39, 0.29) is 7.46 Å². The maximum Gasteiger partial charge on any atom is 0.337 e. The molecule has 24 heavy (non-hydrogen) atoms. The molecule has 0 bridgehead atoms. The number of benzene rings is 1. The molecule has 0 aliphatic carbocycles. The average molecular weight is 337 g/mol. The molecule has 1 aromatic rings. The van der Waals surface area contributed by atoms with Gasteiger partial charge < -0.3 is 19.7 Å². The number of rotatable bonds is 5. The minimum atomic E-state index is -0.428. The van der Waals surface area contributed by atoms with Crippen molar-refractivity contribution in [2.75, 3.05) is 58.9 Å². The first kappa shape index (κ1) is 18.2. The van der Waals surface area contributed by atoms with Crippen LogP contribution in [0, 0.1) is 0 Å². The first-order valence-corrected chi connectivity index (χ1v) is 8.11. The quantitative estimate of drug-likeness (QED) is 0.831. The summed E-state index contributed by atoms with van der Waals surface area (Å²) in [7, 11) is 3.09. The number of hydrogen-bond donors (Lipinski definition) is 1. The second kappa shape index (κ2) is 9.24. The summed E-state index contributed by atoms with van der Waals surface area (Å²) >= 11 is 0. The van der Waals surface area contributed by atoms with Gasteiger partial charge in [0.15, 0.2) is 0 Å². The highest BCUT2D eigenvalue weighted by atomic mass is 16.5. The number of ether oxygens (including phenoxy) is 2. The number of carbonyl (C=O) groups excluding carboxylic acids is 2. The average Bonchev–Trinajstić information content (AvgIpc) is 2.87. The Balaban J connectivity index is 0.00000312. The second-order valence-corrected chi connectivity index (χ2v) is 5.73. The summed E-state index contributed by atoms with van der Waals surface area (Å²) in [6.07, 6.45) is 1.02. The normalized spacial score (nSPS) is 15.4. The van der Waals surface area contributed by atoms with Gasteiger partial charge in [0.1, 0.15) is 0 Å². The van der Waals surface area contributed by atoms with E-state index >= 15 is 0 Å². The first-order chi connectivity index (χ1) is 11.6. The topological polar surface area (TPSA) is 71.1 Å². The zero-order chi connectivity index (χ0) is 17.4. The molecule has 0 atom stereocenters. The number of carbonyl (C=O) groups is 2. The molecule has 1 aliphatic heterocycles. The van der Waals surface area contributed by atoms with Gasteiger partial charge in [0.05, 0.1) is 19.3 Å². The van der Waals surface area contributed by atoms with Crippen LogP contribution in [-0.4, -0.2) is 75.4 Å². The third kappa shape index (κ3) is 5.50. The van der Waals surface area contributed by atoms with E-state index in [0.717, 1.165) is 39.3 Å². The van der Waals surface area contributed by atoms with Crippen molar-refractivity contribution in [2.45, 2.75) is 6.42 Å². The standard InChI is InChI=1S/C17H25N3O4.H2/c1-19(8-9-20-7-4-11-24-12-10-20)17(22)18-15-6-3-5-14(13-15)16(21)23-2;/h3,5-6,13H,4,7-12H2,1-2H3,(H,18,22);1H. The molecule has 0 radical (unpaired) electrons. The molecule has 0 aromatic heterocycles. The third-order valence-electron chi connectivity index (χ3n) is 3.95. The van der Waals surface area contributed by atoms with Crippen LogP contribution in [0.3, 0.4) is 0 Å². The van der Waals surface area contributed by atoms with Gasteiger partial charge in [-0.25, -0.2) is 9.59 Å². The molecule has 0 unspecified atom stereocenters. The van der Waals surface area contributed by atoms with Crippen molar-refractivity contribution in [2.24, 2.45) is 0 Å². The van der Waals surface area contributed by atoms with Crippen molar-refractivity contribution in [3.63, 3.8) is 0 Å². The summed E-state index contributed by atoms with van der Waals surface area (Å²) in [5.41, 5.74) is 0.973. The zero-order valence-corrected chi connectivity index (χ0v) is 14.3. The smallest absolute Gasteiger partial charge is 0.337 e. The van der Waals surface area contributed by atoms with Gasteiger partial charge in [0.25, 0.3) is 0 Å². The van der Waals surface area contributed by atoms with Gasteiger partial charge in [-0.1, -0.05) is 6.07 Å². The van der Waals surface area contributed by atoms with Crippen molar-refractivity contribution >= 4 is 17.7 Å². The number of nitrogens with one attached hydrogen (secondary N) is 1. The van der Waals surface area contributed by atoms with E-state index in [2.05, 4.69) is 15.0 Å². The van der Waals surface area contributed by atoms with Gasteiger partial charge >= 0.3 is 12.0 Å². The molecule has 134 valence electrons. The SMILES string of the molecule is COC(=O)c1cccc(NC(=O)N(C)CCN2CCCOCC2)c1.[HH]. The molecular formula is C17H27N3O4. The van der Waals surface area contributed by atoms with E-state index in [1.165, 1.54) is 7.11 Å². The lowest BCUT2D eigenvalue weighted by Crippen LogP contribution is -2.39. The van der Waals surface area contributed by atoms with Crippen molar-refractivity contribution < 1.29 is 20.5 Å². The Labute approximate surface area is 144 Å². The predicted octanol–water partition coefficient (Wildman–Crippen LogP) is 1.91. The predicted molar refractivity (Wildman–Crippen MR) is 93.4 cm³/mol. The summed E-state index contributed by atoms with van der Waals surface area (Å²) in [6, 6.07) is 6.49.